The number of carbonyl (C=O) groups excluding carboxylic acids is 1. The molecule has 2 aromatic rings. The molecule has 1 fully saturated rings. The average molecular weight is 241 g/mol. The summed E-state index contributed by atoms with van der Waals surface area (Å²) in [7, 11) is 0. The largest absolute Gasteiger partial charge is 0.507 e. The van der Waals surface area contributed by atoms with E-state index in [0.29, 0.717) is 11.5 Å². The van der Waals surface area contributed by atoms with Crippen molar-refractivity contribution in [3.63, 3.8) is 0 Å². The Morgan fingerprint density at radius 2 is 2.11 bits per heavy atom. The molecule has 0 unspecified atom stereocenters. The van der Waals surface area contributed by atoms with E-state index in [9.17, 15) is 9.90 Å². The molecule has 3 heteroatoms. The summed E-state index contributed by atoms with van der Waals surface area (Å²) in [6, 6.07) is 10.7. The van der Waals surface area contributed by atoms with Crippen molar-refractivity contribution in [2.24, 2.45) is 5.92 Å². The molecule has 2 aromatic carbocycles. The third-order valence-electron chi connectivity index (χ3n) is 3.37. The molecule has 2 N–H and O–H groups in total. The molecule has 1 amide bonds. The Bertz CT molecular complexity index is 602. The summed E-state index contributed by atoms with van der Waals surface area (Å²) in [5, 5.41) is 14.3. The van der Waals surface area contributed by atoms with Gasteiger partial charge >= 0.3 is 0 Å². The molecule has 0 saturated heterocycles. The number of hydrogen-bond acceptors (Lipinski definition) is 2. The minimum Gasteiger partial charge on any atom is -0.507 e. The van der Waals surface area contributed by atoms with E-state index >= 15 is 0 Å². The number of phenolic OH excluding ortho intramolecular Hbond substituents is 1. The molecule has 1 aliphatic rings. The maximum absolute atomic E-state index is 11.9. The van der Waals surface area contributed by atoms with Gasteiger partial charge in [0.2, 0.25) is 0 Å². The number of amides is 1. The second kappa shape index (κ2) is 4.33. The molecule has 0 heterocycles. The highest BCUT2D eigenvalue weighted by Gasteiger charge is 2.21. The van der Waals surface area contributed by atoms with Crippen LogP contribution in [0, 0.1) is 5.92 Å². The van der Waals surface area contributed by atoms with Crippen molar-refractivity contribution in [3.8, 4) is 5.75 Å². The van der Waals surface area contributed by atoms with Gasteiger partial charge in [0.25, 0.3) is 5.91 Å². The first-order chi connectivity index (χ1) is 8.74. The predicted molar refractivity (Wildman–Crippen MR) is 70.7 cm³/mol. The molecule has 1 saturated carbocycles. The van der Waals surface area contributed by atoms with Gasteiger partial charge in [-0.1, -0.05) is 12.1 Å². The predicted octanol–water partition coefficient (Wildman–Crippen LogP) is 2.69. The van der Waals surface area contributed by atoms with Crippen LogP contribution in [0.1, 0.15) is 23.2 Å². The lowest BCUT2D eigenvalue weighted by atomic mass is 10.1. The first-order valence-corrected chi connectivity index (χ1v) is 6.24. The number of phenols is 1. The van der Waals surface area contributed by atoms with Crippen molar-refractivity contribution >= 4 is 16.7 Å². The van der Waals surface area contributed by atoms with Gasteiger partial charge in [-0.25, -0.2) is 0 Å². The van der Waals surface area contributed by atoms with Crippen molar-refractivity contribution in [1.82, 2.24) is 5.32 Å². The van der Waals surface area contributed by atoms with Gasteiger partial charge in [-0.15, -0.1) is 0 Å². The van der Waals surface area contributed by atoms with Gasteiger partial charge < -0.3 is 10.4 Å². The Morgan fingerprint density at radius 1 is 1.28 bits per heavy atom. The van der Waals surface area contributed by atoms with E-state index in [1.807, 2.05) is 12.1 Å². The van der Waals surface area contributed by atoms with Crippen molar-refractivity contribution in [2.75, 3.05) is 6.54 Å². The van der Waals surface area contributed by atoms with Crippen molar-refractivity contribution in [3.05, 3.63) is 42.0 Å². The minimum atomic E-state index is -0.0351. The molecule has 18 heavy (non-hydrogen) atoms. The fourth-order valence-corrected chi connectivity index (χ4v) is 2.07. The van der Waals surface area contributed by atoms with Gasteiger partial charge in [0, 0.05) is 17.5 Å². The van der Waals surface area contributed by atoms with Crippen LogP contribution in [0.25, 0.3) is 10.8 Å². The Hall–Kier alpha value is -2.03. The van der Waals surface area contributed by atoms with E-state index < -0.39 is 0 Å². The van der Waals surface area contributed by atoms with Gasteiger partial charge in [-0.2, -0.15) is 0 Å². The molecule has 0 aromatic heterocycles. The highest BCUT2D eigenvalue weighted by molar-refractivity contribution is 5.99. The fraction of sp³-hybridized carbons (Fsp3) is 0.267. The monoisotopic (exact) mass is 241 g/mol. The van der Waals surface area contributed by atoms with E-state index in [1.165, 1.54) is 12.8 Å². The molecule has 0 atom stereocenters. The topological polar surface area (TPSA) is 49.3 Å². The molecule has 3 rings (SSSR count). The lowest BCUT2D eigenvalue weighted by molar-refractivity contribution is 0.0952. The van der Waals surface area contributed by atoms with Gasteiger partial charge in [-0.3, -0.25) is 4.79 Å². The number of benzene rings is 2. The number of carbonyl (C=O) groups is 1. The normalized spacial score (nSPS) is 14.7. The summed E-state index contributed by atoms with van der Waals surface area (Å²) in [6.07, 6.45) is 2.46. The highest BCUT2D eigenvalue weighted by Crippen LogP contribution is 2.28. The second-order valence-electron chi connectivity index (χ2n) is 4.87. The van der Waals surface area contributed by atoms with Crippen LogP contribution in [-0.2, 0) is 0 Å². The molecule has 0 radical (unpaired) electrons. The molecule has 0 spiro atoms. The van der Waals surface area contributed by atoms with Gasteiger partial charge in [-0.05, 0) is 48.4 Å². The number of aromatic hydroxyl groups is 1. The first kappa shape index (κ1) is 11.1. The number of hydrogen-bond donors (Lipinski definition) is 2. The summed E-state index contributed by atoms with van der Waals surface area (Å²) in [4.78, 5) is 11.9. The number of fused-ring (bicyclic) bond motifs is 1. The maximum atomic E-state index is 11.9. The van der Waals surface area contributed by atoms with Crippen molar-refractivity contribution in [1.29, 1.82) is 0 Å². The molecular formula is C15H15NO2. The minimum absolute atomic E-state index is 0.0351. The number of rotatable bonds is 3. The summed E-state index contributed by atoms with van der Waals surface area (Å²) in [5.41, 5.74) is 0.647. The zero-order chi connectivity index (χ0) is 12.5. The molecule has 1 aliphatic carbocycles. The third kappa shape index (κ3) is 2.16. The zero-order valence-electron chi connectivity index (χ0n) is 10.0. The van der Waals surface area contributed by atoms with E-state index in [1.54, 1.807) is 24.3 Å². The smallest absolute Gasteiger partial charge is 0.251 e. The van der Waals surface area contributed by atoms with Crippen molar-refractivity contribution in [2.45, 2.75) is 12.8 Å². The second-order valence-corrected chi connectivity index (χ2v) is 4.87. The van der Waals surface area contributed by atoms with E-state index in [-0.39, 0.29) is 11.7 Å². The summed E-state index contributed by atoms with van der Waals surface area (Å²) >= 11 is 0. The number of nitrogens with one attached hydrogen (secondary N) is 1. The molecular weight excluding hydrogens is 226 g/mol. The van der Waals surface area contributed by atoms with Gasteiger partial charge in [0.05, 0.1) is 0 Å². The van der Waals surface area contributed by atoms with E-state index in [4.69, 9.17) is 0 Å². The lowest BCUT2D eigenvalue weighted by Gasteiger charge is -2.06. The Balaban J connectivity index is 1.85. The SMILES string of the molecule is O=C(NCC1CC1)c1ccc2c(O)cccc2c1. The lowest BCUT2D eigenvalue weighted by Crippen LogP contribution is -2.25. The fourth-order valence-electron chi connectivity index (χ4n) is 2.07. The van der Waals surface area contributed by atoms with Crippen LogP contribution in [-0.4, -0.2) is 17.6 Å². The van der Waals surface area contributed by atoms with Crippen LogP contribution in [0.5, 0.6) is 5.75 Å². The highest BCUT2D eigenvalue weighted by atomic mass is 16.3. The molecule has 0 aliphatic heterocycles. The van der Waals surface area contributed by atoms with E-state index in [0.717, 1.165) is 17.3 Å². The first-order valence-electron chi connectivity index (χ1n) is 6.24. The van der Waals surface area contributed by atoms with Gasteiger partial charge in [0.1, 0.15) is 5.75 Å². The Labute approximate surface area is 105 Å². The standard InChI is InChI=1S/C15H15NO2/c17-14-3-1-2-11-8-12(6-7-13(11)14)15(18)16-9-10-4-5-10/h1-3,6-8,10,17H,4-5,9H2,(H,16,18). The Kier molecular flexibility index (Phi) is 2.67. The van der Waals surface area contributed by atoms with E-state index in [2.05, 4.69) is 5.32 Å². The third-order valence-corrected chi connectivity index (χ3v) is 3.37. The molecule has 92 valence electrons. The van der Waals surface area contributed by atoms with Crippen molar-refractivity contribution < 1.29 is 9.90 Å². The summed E-state index contributed by atoms with van der Waals surface area (Å²) in [5.74, 6) is 0.892. The maximum Gasteiger partial charge on any atom is 0.251 e. The quantitative estimate of drug-likeness (QED) is 0.868. The average Bonchev–Trinajstić information content (AvgIpc) is 3.20. The van der Waals surface area contributed by atoms with Crippen LogP contribution in [0.3, 0.4) is 0 Å². The zero-order valence-corrected chi connectivity index (χ0v) is 10.0. The van der Waals surface area contributed by atoms with Gasteiger partial charge in [0.15, 0.2) is 0 Å². The molecule has 3 nitrogen and oxygen atoms in total. The summed E-state index contributed by atoms with van der Waals surface area (Å²) < 4.78 is 0. The molecule has 0 bridgehead atoms. The van der Waals surface area contributed by atoms with Crippen LogP contribution >= 0.6 is 0 Å². The van der Waals surface area contributed by atoms with Crippen LogP contribution in [0.2, 0.25) is 0 Å². The van der Waals surface area contributed by atoms with Crippen LogP contribution in [0.4, 0.5) is 0 Å². The Morgan fingerprint density at radius 3 is 2.89 bits per heavy atom. The van der Waals surface area contributed by atoms with Crippen LogP contribution in [0.15, 0.2) is 36.4 Å². The van der Waals surface area contributed by atoms with Crippen LogP contribution < -0.4 is 5.32 Å². The summed E-state index contributed by atoms with van der Waals surface area (Å²) in [6.45, 7) is 0.775.